The lowest BCUT2D eigenvalue weighted by Crippen LogP contribution is -2.30. The van der Waals surface area contributed by atoms with Gasteiger partial charge in [0, 0.05) is 12.2 Å². The zero-order valence-corrected chi connectivity index (χ0v) is 13.1. The molecule has 1 aromatic carbocycles. The van der Waals surface area contributed by atoms with E-state index in [2.05, 4.69) is 43.5 Å². The topological polar surface area (TPSA) is 41.1 Å². The SMILES string of the molecule is CCCCCCCNC(=O)CNc1ccc(C)cc1C. The Bertz CT molecular complexity index is 415. The zero-order chi connectivity index (χ0) is 14.8. The molecule has 0 fully saturated rings. The number of rotatable bonds is 9. The summed E-state index contributed by atoms with van der Waals surface area (Å²) in [5.74, 6) is 0.0699. The molecule has 0 radical (unpaired) electrons. The van der Waals surface area contributed by atoms with Crippen molar-refractivity contribution >= 4 is 11.6 Å². The molecule has 0 aliphatic heterocycles. The van der Waals surface area contributed by atoms with Crippen LogP contribution in [0.25, 0.3) is 0 Å². The highest BCUT2D eigenvalue weighted by Gasteiger charge is 2.02. The highest BCUT2D eigenvalue weighted by atomic mass is 16.1. The second-order valence-electron chi connectivity index (χ2n) is 5.44. The Kier molecular flexibility index (Phi) is 7.78. The fourth-order valence-electron chi connectivity index (χ4n) is 2.21. The van der Waals surface area contributed by atoms with Crippen molar-refractivity contribution in [2.75, 3.05) is 18.4 Å². The molecular weight excluding hydrogens is 248 g/mol. The van der Waals surface area contributed by atoms with Crippen LogP contribution in [0.5, 0.6) is 0 Å². The van der Waals surface area contributed by atoms with Gasteiger partial charge in [0.2, 0.25) is 5.91 Å². The van der Waals surface area contributed by atoms with E-state index < -0.39 is 0 Å². The van der Waals surface area contributed by atoms with Gasteiger partial charge in [-0.2, -0.15) is 0 Å². The van der Waals surface area contributed by atoms with Crippen LogP contribution in [0, 0.1) is 13.8 Å². The Morgan fingerprint density at radius 2 is 1.85 bits per heavy atom. The Balaban J connectivity index is 2.16. The van der Waals surface area contributed by atoms with Crippen LogP contribution in [0.2, 0.25) is 0 Å². The van der Waals surface area contributed by atoms with Gasteiger partial charge in [0.25, 0.3) is 0 Å². The normalized spacial score (nSPS) is 10.3. The van der Waals surface area contributed by atoms with E-state index in [0.717, 1.165) is 18.7 Å². The number of benzene rings is 1. The van der Waals surface area contributed by atoms with Gasteiger partial charge in [-0.1, -0.05) is 50.3 Å². The molecule has 3 nitrogen and oxygen atoms in total. The molecule has 20 heavy (non-hydrogen) atoms. The van der Waals surface area contributed by atoms with Crippen molar-refractivity contribution < 1.29 is 4.79 Å². The summed E-state index contributed by atoms with van der Waals surface area (Å²) >= 11 is 0. The number of amides is 1. The van der Waals surface area contributed by atoms with E-state index in [-0.39, 0.29) is 5.91 Å². The molecule has 2 N–H and O–H groups in total. The van der Waals surface area contributed by atoms with Crippen LogP contribution in [0.1, 0.15) is 50.2 Å². The van der Waals surface area contributed by atoms with Crippen LogP contribution in [0.15, 0.2) is 18.2 Å². The van der Waals surface area contributed by atoms with Crippen LogP contribution < -0.4 is 10.6 Å². The molecule has 3 heteroatoms. The first-order valence-electron chi connectivity index (χ1n) is 7.71. The van der Waals surface area contributed by atoms with E-state index in [1.807, 2.05) is 6.07 Å². The van der Waals surface area contributed by atoms with Gasteiger partial charge in [-0.15, -0.1) is 0 Å². The summed E-state index contributed by atoms with van der Waals surface area (Å²) in [5, 5.41) is 6.15. The van der Waals surface area contributed by atoms with Crippen LogP contribution >= 0.6 is 0 Å². The van der Waals surface area contributed by atoms with Gasteiger partial charge >= 0.3 is 0 Å². The van der Waals surface area contributed by atoms with E-state index in [4.69, 9.17) is 0 Å². The highest BCUT2D eigenvalue weighted by Crippen LogP contribution is 2.15. The van der Waals surface area contributed by atoms with E-state index in [1.54, 1.807) is 0 Å². The smallest absolute Gasteiger partial charge is 0.239 e. The number of carbonyl (C=O) groups is 1. The summed E-state index contributed by atoms with van der Waals surface area (Å²) in [6.07, 6.45) is 6.11. The zero-order valence-electron chi connectivity index (χ0n) is 13.1. The Labute approximate surface area is 123 Å². The molecule has 1 aromatic rings. The summed E-state index contributed by atoms with van der Waals surface area (Å²) in [6, 6.07) is 6.21. The van der Waals surface area contributed by atoms with Gasteiger partial charge < -0.3 is 10.6 Å². The molecule has 0 bridgehead atoms. The second kappa shape index (κ2) is 9.40. The highest BCUT2D eigenvalue weighted by molar-refractivity contribution is 5.80. The molecule has 0 aromatic heterocycles. The maximum atomic E-state index is 11.7. The monoisotopic (exact) mass is 276 g/mol. The maximum Gasteiger partial charge on any atom is 0.239 e. The van der Waals surface area contributed by atoms with E-state index in [0.29, 0.717) is 6.54 Å². The molecule has 0 heterocycles. The van der Waals surface area contributed by atoms with Crippen molar-refractivity contribution in [1.82, 2.24) is 5.32 Å². The largest absolute Gasteiger partial charge is 0.376 e. The first kappa shape index (κ1) is 16.5. The molecule has 1 amide bonds. The maximum absolute atomic E-state index is 11.7. The minimum atomic E-state index is 0.0699. The molecular formula is C17H28N2O. The minimum absolute atomic E-state index is 0.0699. The van der Waals surface area contributed by atoms with Crippen molar-refractivity contribution in [1.29, 1.82) is 0 Å². The Morgan fingerprint density at radius 1 is 1.10 bits per heavy atom. The number of aryl methyl sites for hydroxylation is 2. The third-order valence-corrected chi connectivity index (χ3v) is 3.42. The molecule has 112 valence electrons. The van der Waals surface area contributed by atoms with E-state index >= 15 is 0 Å². The van der Waals surface area contributed by atoms with Crippen molar-refractivity contribution in [2.45, 2.75) is 52.9 Å². The average molecular weight is 276 g/mol. The molecule has 0 aliphatic carbocycles. The lowest BCUT2D eigenvalue weighted by atomic mass is 10.1. The van der Waals surface area contributed by atoms with Crippen molar-refractivity contribution in [3.05, 3.63) is 29.3 Å². The number of unbranched alkanes of at least 4 members (excludes halogenated alkanes) is 4. The van der Waals surface area contributed by atoms with E-state index in [9.17, 15) is 4.79 Å². The van der Waals surface area contributed by atoms with Crippen molar-refractivity contribution in [2.24, 2.45) is 0 Å². The van der Waals surface area contributed by atoms with Gasteiger partial charge in [-0.05, 0) is 31.9 Å². The van der Waals surface area contributed by atoms with Gasteiger partial charge in [0.1, 0.15) is 0 Å². The molecule has 0 atom stereocenters. The number of hydrogen-bond donors (Lipinski definition) is 2. The lowest BCUT2D eigenvalue weighted by molar-refractivity contribution is -0.119. The number of carbonyl (C=O) groups excluding carboxylic acids is 1. The molecule has 0 saturated heterocycles. The van der Waals surface area contributed by atoms with Gasteiger partial charge in [0.15, 0.2) is 0 Å². The van der Waals surface area contributed by atoms with Crippen LogP contribution in [-0.2, 0) is 4.79 Å². The van der Waals surface area contributed by atoms with Crippen LogP contribution in [0.3, 0.4) is 0 Å². The number of anilines is 1. The summed E-state index contributed by atoms with van der Waals surface area (Å²) in [5.41, 5.74) is 3.45. The predicted molar refractivity (Wildman–Crippen MR) is 86.2 cm³/mol. The molecule has 0 saturated carbocycles. The van der Waals surface area contributed by atoms with Gasteiger partial charge in [-0.25, -0.2) is 0 Å². The summed E-state index contributed by atoms with van der Waals surface area (Å²) in [4.78, 5) is 11.7. The first-order valence-corrected chi connectivity index (χ1v) is 7.71. The summed E-state index contributed by atoms with van der Waals surface area (Å²) < 4.78 is 0. The Hall–Kier alpha value is -1.51. The number of nitrogens with one attached hydrogen (secondary N) is 2. The number of hydrogen-bond acceptors (Lipinski definition) is 2. The third kappa shape index (κ3) is 6.60. The van der Waals surface area contributed by atoms with Crippen LogP contribution in [-0.4, -0.2) is 19.0 Å². The van der Waals surface area contributed by atoms with Crippen LogP contribution in [0.4, 0.5) is 5.69 Å². The van der Waals surface area contributed by atoms with Crippen molar-refractivity contribution in [3.8, 4) is 0 Å². The van der Waals surface area contributed by atoms with Crippen molar-refractivity contribution in [3.63, 3.8) is 0 Å². The fraction of sp³-hybridized carbons (Fsp3) is 0.588. The predicted octanol–water partition coefficient (Wildman–Crippen LogP) is 3.80. The molecule has 1 rings (SSSR count). The average Bonchev–Trinajstić information content (AvgIpc) is 2.41. The standard InChI is InChI=1S/C17H28N2O/c1-4-5-6-7-8-11-18-17(20)13-19-16-10-9-14(2)12-15(16)3/h9-10,12,19H,4-8,11,13H2,1-3H3,(H,18,20). The minimum Gasteiger partial charge on any atom is -0.376 e. The fourth-order valence-corrected chi connectivity index (χ4v) is 2.21. The molecule has 0 aliphatic rings. The summed E-state index contributed by atoms with van der Waals surface area (Å²) in [6.45, 7) is 7.47. The first-order chi connectivity index (χ1) is 9.63. The Morgan fingerprint density at radius 3 is 2.55 bits per heavy atom. The quantitative estimate of drug-likeness (QED) is 0.674. The third-order valence-electron chi connectivity index (χ3n) is 3.42. The molecule has 0 unspecified atom stereocenters. The van der Waals surface area contributed by atoms with Gasteiger partial charge in [0.05, 0.1) is 6.54 Å². The summed E-state index contributed by atoms with van der Waals surface area (Å²) in [7, 11) is 0. The van der Waals surface area contributed by atoms with Gasteiger partial charge in [-0.3, -0.25) is 4.79 Å². The lowest BCUT2D eigenvalue weighted by Gasteiger charge is -2.10. The second-order valence-corrected chi connectivity index (χ2v) is 5.44. The van der Waals surface area contributed by atoms with E-state index in [1.165, 1.54) is 36.8 Å². The molecule has 0 spiro atoms.